The van der Waals surface area contributed by atoms with Gasteiger partial charge in [0.2, 0.25) is 0 Å². The monoisotopic (exact) mass is 274 g/mol. The molecule has 76 valence electrons. The van der Waals surface area contributed by atoms with Crippen molar-refractivity contribution >= 4 is 39.3 Å². The van der Waals surface area contributed by atoms with E-state index in [1.807, 2.05) is 6.26 Å². The lowest BCUT2D eigenvalue weighted by Gasteiger charge is -2.08. The lowest BCUT2D eigenvalue weighted by molar-refractivity contribution is 0.955. The third kappa shape index (κ3) is 2.12. The van der Waals surface area contributed by atoms with Crippen molar-refractivity contribution in [1.29, 1.82) is 0 Å². The van der Waals surface area contributed by atoms with Crippen molar-refractivity contribution in [3.63, 3.8) is 0 Å². The number of thioether (sulfide) groups is 1. The standard InChI is InChI=1S/C8H11BrN4S/c1-14-8-12-6(10)5(9)7(13-8)11-4-2-3-4/h4H,2-3H2,1H3,(H3,10,11,12,13). The van der Waals surface area contributed by atoms with Crippen molar-refractivity contribution in [1.82, 2.24) is 9.97 Å². The van der Waals surface area contributed by atoms with Gasteiger partial charge in [-0.15, -0.1) is 0 Å². The average molecular weight is 275 g/mol. The molecule has 0 atom stereocenters. The molecule has 0 unspecified atom stereocenters. The number of rotatable bonds is 3. The molecule has 0 saturated heterocycles. The third-order valence-corrected chi connectivity index (χ3v) is 3.29. The highest BCUT2D eigenvalue weighted by Gasteiger charge is 2.23. The van der Waals surface area contributed by atoms with Gasteiger partial charge in [0, 0.05) is 6.04 Å². The molecule has 3 N–H and O–H groups in total. The van der Waals surface area contributed by atoms with E-state index in [0.717, 1.165) is 10.3 Å². The van der Waals surface area contributed by atoms with Crippen LogP contribution in [0.5, 0.6) is 0 Å². The average Bonchev–Trinajstić information content (AvgIpc) is 2.96. The number of nitrogens with two attached hydrogens (primary N) is 1. The number of nitrogens with one attached hydrogen (secondary N) is 1. The minimum absolute atomic E-state index is 0.493. The van der Waals surface area contributed by atoms with Crippen LogP contribution in [0.2, 0.25) is 0 Å². The molecule has 14 heavy (non-hydrogen) atoms. The third-order valence-electron chi connectivity index (χ3n) is 1.96. The lowest BCUT2D eigenvalue weighted by atomic mass is 10.5. The molecule has 0 aromatic carbocycles. The molecule has 1 fully saturated rings. The molecule has 4 nitrogen and oxygen atoms in total. The van der Waals surface area contributed by atoms with Crippen LogP contribution in [0.25, 0.3) is 0 Å². The molecule has 0 amide bonds. The van der Waals surface area contributed by atoms with E-state index in [1.54, 1.807) is 0 Å². The summed E-state index contributed by atoms with van der Waals surface area (Å²) in [6.45, 7) is 0. The first kappa shape index (κ1) is 10.0. The fourth-order valence-corrected chi connectivity index (χ4v) is 1.72. The summed E-state index contributed by atoms with van der Waals surface area (Å²) < 4.78 is 0.766. The van der Waals surface area contributed by atoms with Gasteiger partial charge in [0.1, 0.15) is 16.1 Å². The summed E-state index contributed by atoms with van der Waals surface area (Å²) in [5.41, 5.74) is 5.74. The molecule has 1 heterocycles. The predicted molar refractivity (Wildman–Crippen MR) is 62.6 cm³/mol. The van der Waals surface area contributed by atoms with Crippen LogP contribution in [0.15, 0.2) is 9.63 Å². The molecule has 0 radical (unpaired) electrons. The number of hydrogen-bond acceptors (Lipinski definition) is 5. The van der Waals surface area contributed by atoms with Gasteiger partial charge in [0.15, 0.2) is 5.16 Å². The smallest absolute Gasteiger partial charge is 0.191 e. The molecule has 0 spiro atoms. The Morgan fingerprint density at radius 2 is 2.21 bits per heavy atom. The first-order chi connectivity index (χ1) is 6.70. The van der Waals surface area contributed by atoms with Gasteiger partial charge < -0.3 is 11.1 Å². The Morgan fingerprint density at radius 3 is 2.79 bits per heavy atom. The summed E-state index contributed by atoms with van der Waals surface area (Å²) in [7, 11) is 0. The van der Waals surface area contributed by atoms with E-state index in [4.69, 9.17) is 5.73 Å². The Morgan fingerprint density at radius 1 is 1.50 bits per heavy atom. The Kier molecular flexibility index (Phi) is 2.83. The normalized spacial score (nSPS) is 15.6. The summed E-state index contributed by atoms with van der Waals surface area (Å²) in [6.07, 6.45) is 4.36. The molecule has 1 saturated carbocycles. The number of anilines is 2. The highest BCUT2D eigenvalue weighted by Crippen LogP contribution is 2.31. The Bertz CT molecular complexity index is 353. The SMILES string of the molecule is CSc1nc(N)c(Br)c(NC2CC2)n1. The second kappa shape index (κ2) is 3.94. The van der Waals surface area contributed by atoms with E-state index in [9.17, 15) is 0 Å². The highest BCUT2D eigenvalue weighted by atomic mass is 79.9. The molecule has 0 bridgehead atoms. The van der Waals surface area contributed by atoms with Crippen molar-refractivity contribution in [2.45, 2.75) is 24.0 Å². The Balaban J connectivity index is 2.29. The number of halogens is 1. The second-order valence-corrected chi connectivity index (χ2v) is 4.74. The van der Waals surface area contributed by atoms with E-state index in [0.29, 0.717) is 17.0 Å². The molecule has 1 aromatic rings. The van der Waals surface area contributed by atoms with Gasteiger partial charge in [-0.2, -0.15) is 0 Å². The minimum atomic E-state index is 0.493. The molecule has 1 aromatic heterocycles. The van der Waals surface area contributed by atoms with Gasteiger partial charge in [0.05, 0.1) is 0 Å². The number of aromatic nitrogens is 2. The van der Waals surface area contributed by atoms with Crippen LogP contribution in [-0.4, -0.2) is 22.3 Å². The molecule has 6 heteroatoms. The summed E-state index contributed by atoms with van der Waals surface area (Å²) in [6, 6.07) is 0.565. The maximum atomic E-state index is 5.74. The van der Waals surface area contributed by atoms with Crippen LogP contribution in [0.4, 0.5) is 11.6 Å². The summed E-state index contributed by atoms with van der Waals surface area (Å²) in [4.78, 5) is 8.47. The van der Waals surface area contributed by atoms with Gasteiger partial charge in [-0.1, -0.05) is 11.8 Å². The van der Waals surface area contributed by atoms with Crippen LogP contribution < -0.4 is 11.1 Å². The van der Waals surface area contributed by atoms with Crippen molar-refractivity contribution < 1.29 is 0 Å². The zero-order chi connectivity index (χ0) is 10.1. The molecular formula is C8H11BrN4S. The van der Waals surface area contributed by atoms with Crippen LogP contribution in [0.3, 0.4) is 0 Å². The fraction of sp³-hybridized carbons (Fsp3) is 0.500. The van der Waals surface area contributed by atoms with Gasteiger partial charge >= 0.3 is 0 Å². The van der Waals surface area contributed by atoms with Gasteiger partial charge in [-0.25, -0.2) is 9.97 Å². The molecule has 2 rings (SSSR count). The lowest BCUT2D eigenvalue weighted by Crippen LogP contribution is -2.07. The van der Waals surface area contributed by atoms with Gasteiger partial charge in [0.25, 0.3) is 0 Å². The number of hydrogen-bond donors (Lipinski definition) is 2. The maximum Gasteiger partial charge on any atom is 0.191 e. The van der Waals surface area contributed by atoms with Crippen molar-refractivity contribution in [2.24, 2.45) is 0 Å². The van der Waals surface area contributed by atoms with Crippen LogP contribution in [0.1, 0.15) is 12.8 Å². The molecule has 0 aliphatic heterocycles. The first-order valence-corrected chi connectivity index (χ1v) is 6.36. The zero-order valence-corrected chi connectivity index (χ0v) is 10.2. The minimum Gasteiger partial charge on any atom is -0.383 e. The van der Waals surface area contributed by atoms with Crippen molar-refractivity contribution in [3.8, 4) is 0 Å². The molecular weight excluding hydrogens is 264 g/mol. The van der Waals surface area contributed by atoms with E-state index in [1.165, 1.54) is 24.6 Å². The first-order valence-electron chi connectivity index (χ1n) is 4.34. The van der Waals surface area contributed by atoms with Crippen LogP contribution in [-0.2, 0) is 0 Å². The quantitative estimate of drug-likeness (QED) is 0.653. The predicted octanol–water partition coefficient (Wildman–Crippen LogP) is 2.12. The summed E-state index contributed by atoms with van der Waals surface area (Å²) >= 11 is 4.87. The second-order valence-electron chi connectivity index (χ2n) is 3.18. The molecule has 1 aliphatic carbocycles. The van der Waals surface area contributed by atoms with E-state index >= 15 is 0 Å². The number of nitrogens with zero attached hydrogens (tertiary/aromatic N) is 2. The topological polar surface area (TPSA) is 63.8 Å². The van der Waals surface area contributed by atoms with Crippen molar-refractivity contribution in [3.05, 3.63) is 4.47 Å². The van der Waals surface area contributed by atoms with E-state index < -0.39 is 0 Å². The zero-order valence-electron chi connectivity index (χ0n) is 7.75. The summed E-state index contributed by atoms with van der Waals surface area (Å²) in [5, 5.41) is 4.01. The van der Waals surface area contributed by atoms with Crippen molar-refractivity contribution in [2.75, 3.05) is 17.3 Å². The summed E-state index contributed by atoms with van der Waals surface area (Å²) in [5.74, 6) is 1.30. The van der Waals surface area contributed by atoms with Crippen LogP contribution in [0, 0.1) is 0 Å². The molecule has 1 aliphatic rings. The highest BCUT2D eigenvalue weighted by molar-refractivity contribution is 9.10. The van der Waals surface area contributed by atoms with E-state index in [2.05, 4.69) is 31.2 Å². The van der Waals surface area contributed by atoms with Crippen LogP contribution >= 0.6 is 27.7 Å². The number of nitrogen functional groups attached to an aromatic ring is 1. The Labute approximate surface area is 95.2 Å². The largest absolute Gasteiger partial charge is 0.383 e. The Hall–Kier alpha value is -0.490. The fourth-order valence-electron chi connectivity index (χ4n) is 1.05. The maximum absolute atomic E-state index is 5.74. The van der Waals surface area contributed by atoms with Gasteiger partial charge in [-0.05, 0) is 35.0 Å². The van der Waals surface area contributed by atoms with Gasteiger partial charge in [-0.3, -0.25) is 0 Å². The van der Waals surface area contributed by atoms with E-state index in [-0.39, 0.29) is 0 Å².